The fourth-order valence-electron chi connectivity index (χ4n) is 9.69. The van der Waals surface area contributed by atoms with Gasteiger partial charge in [0.15, 0.2) is 0 Å². The van der Waals surface area contributed by atoms with Crippen molar-refractivity contribution in [1.82, 2.24) is 13.7 Å². The number of nitrogens with zero attached hydrogens (tertiary/aromatic N) is 3. The predicted octanol–water partition coefficient (Wildman–Crippen LogP) is 15.0. The first kappa shape index (κ1) is 31.8. The average Bonchev–Trinajstić information content (AvgIpc) is 4.02. The van der Waals surface area contributed by atoms with Gasteiger partial charge >= 0.3 is 0 Å². The fourth-order valence-corrected chi connectivity index (χ4v) is 10.8. The van der Waals surface area contributed by atoms with Crippen molar-refractivity contribution >= 4 is 96.9 Å². The molecule has 0 aliphatic rings. The van der Waals surface area contributed by atoms with Gasteiger partial charge in [-0.2, -0.15) is 0 Å². The molecule has 0 saturated heterocycles. The molecule has 0 radical (unpaired) electrons. The van der Waals surface area contributed by atoms with Crippen LogP contribution < -0.4 is 0 Å². The Balaban J connectivity index is 1.04. The summed E-state index contributed by atoms with van der Waals surface area (Å²) in [4.78, 5) is 0. The van der Waals surface area contributed by atoms with E-state index in [-0.39, 0.29) is 0 Å². The second-order valence-corrected chi connectivity index (χ2v) is 16.4. The summed E-state index contributed by atoms with van der Waals surface area (Å²) in [6, 6.07) is 73.8. The first-order chi connectivity index (χ1) is 28.8. The molecular weight excluding hydrogens is 723 g/mol. The van der Waals surface area contributed by atoms with Crippen LogP contribution in [0, 0.1) is 0 Å². The number of thiophene rings is 1. The summed E-state index contributed by atoms with van der Waals surface area (Å²) < 4.78 is 9.96. The van der Waals surface area contributed by atoms with E-state index < -0.39 is 0 Å². The molecule has 58 heavy (non-hydrogen) atoms. The van der Waals surface area contributed by atoms with Crippen LogP contribution in [0.4, 0.5) is 0 Å². The van der Waals surface area contributed by atoms with E-state index >= 15 is 0 Å². The third-order valence-corrected chi connectivity index (χ3v) is 13.3. The molecular formula is C54H33N3S. The van der Waals surface area contributed by atoms with Gasteiger partial charge in [-0.15, -0.1) is 11.3 Å². The van der Waals surface area contributed by atoms with Crippen LogP contribution in [0.15, 0.2) is 200 Å². The average molecular weight is 756 g/mol. The monoisotopic (exact) mass is 755 g/mol. The van der Waals surface area contributed by atoms with Crippen LogP contribution in [-0.4, -0.2) is 13.7 Å². The number of para-hydroxylation sites is 5. The standard InChI is InChI=1S/C54H33N3S/c1-7-19-47-39(13-1)40-14-2-8-20-48(40)56(47)37-29-35(30-38(31-37)57-49-21-9-3-15-41(49)42-16-4-10-22-50(42)57)34-25-27-36(28-26-34)55-51-23-11-5-17-43(51)45-32-46-44-18-6-12-24-53(44)58-54(46)33-52(45)55/h1-33H. The lowest BCUT2D eigenvalue weighted by molar-refractivity contribution is 1.13. The van der Waals surface area contributed by atoms with Gasteiger partial charge in [0.2, 0.25) is 0 Å². The van der Waals surface area contributed by atoms with Crippen LogP contribution in [0.25, 0.3) is 114 Å². The van der Waals surface area contributed by atoms with E-state index in [0.29, 0.717) is 0 Å². The van der Waals surface area contributed by atoms with Crippen molar-refractivity contribution in [2.45, 2.75) is 0 Å². The van der Waals surface area contributed by atoms with Gasteiger partial charge in [-0.05, 0) is 90.0 Å². The highest BCUT2D eigenvalue weighted by atomic mass is 32.1. The Kier molecular flexibility index (Phi) is 6.60. The fraction of sp³-hybridized carbons (Fsp3) is 0. The molecule has 4 heteroatoms. The molecule has 0 atom stereocenters. The molecule has 0 fully saturated rings. The van der Waals surface area contributed by atoms with Crippen molar-refractivity contribution in [3.63, 3.8) is 0 Å². The van der Waals surface area contributed by atoms with Gasteiger partial charge < -0.3 is 13.7 Å². The number of benzene rings is 9. The predicted molar refractivity (Wildman–Crippen MR) is 248 cm³/mol. The number of rotatable bonds is 4. The Morgan fingerprint density at radius 3 is 1.16 bits per heavy atom. The number of hydrogen-bond donors (Lipinski definition) is 0. The van der Waals surface area contributed by atoms with Crippen LogP contribution in [0.5, 0.6) is 0 Å². The third kappa shape index (κ3) is 4.49. The van der Waals surface area contributed by atoms with Crippen molar-refractivity contribution in [2.24, 2.45) is 0 Å². The maximum Gasteiger partial charge on any atom is 0.0555 e. The molecule has 4 aromatic heterocycles. The Hall–Kier alpha value is -7.40. The van der Waals surface area contributed by atoms with Crippen LogP contribution in [0.1, 0.15) is 0 Å². The van der Waals surface area contributed by atoms with Gasteiger partial charge in [-0.1, -0.05) is 121 Å². The molecule has 270 valence electrons. The zero-order chi connectivity index (χ0) is 37.9. The highest BCUT2D eigenvalue weighted by Crippen LogP contribution is 2.42. The van der Waals surface area contributed by atoms with Crippen LogP contribution in [-0.2, 0) is 0 Å². The summed E-state index contributed by atoms with van der Waals surface area (Å²) in [5.41, 5.74) is 13.0. The summed E-state index contributed by atoms with van der Waals surface area (Å²) in [5, 5.41) is 10.2. The lowest BCUT2D eigenvalue weighted by Gasteiger charge is -2.16. The molecule has 0 saturated carbocycles. The highest BCUT2D eigenvalue weighted by Gasteiger charge is 2.19. The van der Waals surface area contributed by atoms with E-state index in [1.165, 1.54) is 91.2 Å². The molecule has 0 unspecified atom stereocenters. The molecule has 0 aliphatic heterocycles. The van der Waals surface area contributed by atoms with E-state index in [0.717, 1.165) is 22.6 Å². The van der Waals surface area contributed by atoms with E-state index in [1.807, 2.05) is 11.3 Å². The van der Waals surface area contributed by atoms with Crippen LogP contribution >= 0.6 is 11.3 Å². The second-order valence-electron chi connectivity index (χ2n) is 15.3. The van der Waals surface area contributed by atoms with Crippen molar-refractivity contribution in [3.8, 4) is 28.2 Å². The zero-order valence-electron chi connectivity index (χ0n) is 31.3. The molecule has 0 bridgehead atoms. The maximum atomic E-state index is 2.44. The van der Waals surface area contributed by atoms with E-state index in [4.69, 9.17) is 0 Å². The highest BCUT2D eigenvalue weighted by molar-refractivity contribution is 7.25. The quantitative estimate of drug-likeness (QED) is 0.170. The molecule has 4 heterocycles. The minimum Gasteiger partial charge on any atom is -0.309 e. The van der Waals surface area contributed by atoms with E-state index in [1.54, 1.807) is 0 Å². The number of aromatic nitrogens is 3. The van der Waals surface area contributed by atoms with Crippen LogP contribution in [0.2, 0.25) is 0 Å². The van der Waals surface area contributed by atoms with Gasteiger partial charge in [-0.3, -0.25) is 0 Å². The first-order valence-corrected chi connectivity index (χ1v) is 20.7. The lowest BCUT2D eigenvalue weighted by atomic mass is 10.0. The van der Waals surface area contributed by atoms with Crippen LogP contribution in [0.3, 0.4) is 0 Å². The van der Waals surface area contributed by atoms with Crippen molar-refractivity contribution in [3.05, 3.63) is 200 Å². The molecule has 13 rings (SSSR count). The molecule has 13 aromatic rings. The lowest BCUT2D eigenvalue weighted by Crippen LogP contribution is -2.00. The molecule has 3 nitrogen and oxygen atoms in total. The maximum absolute atomic E-state index is 2.44. The summed E-state index contributed by atoms with van der Waals surface area (Å²) in [6.07, 6.45) is 0. The largest absolute Gasteiger partial charge is 0.309 e. The zero-order valence-corrected chi connectivity index (χ0v) is 32.1. The Morgan fingerprint density at radius 2 is 0.655 bits per heavy atom. The number of hydrogen-bond acceptors (Lipinski definition) is 1. The summed E-state index contributed by atoms with van der Waals surface area (Å²) in [7, 11) is 0. The smallest absolute Gasteiger partial charge is 0.0555 e. The van der Waals surface area contributed by atoms with Gasteiger partial charge in [0.25, 0.3) is 0 Å². The summed E-state index contributed by atoms with van der Waals surface area (Å²) in [5.74, 6) is 0. The van der Waals surface area contributed by atoms with Gasteiger partial charge in [-0.25, -0.2) is 0 Å². The third-order valence-electron chi connectivity index (χ3n) is 12.2. The van der Waals surface area contributed by atoms with Crippen molar-refractivity contribution < 1.29 is 0 Å². The molecule has 0 N–H and O–H groups in total. The van der Waals surface area contributed by atoms with Gasteiger partial charge in [0.1, 0.15) is 0 Å². The second kappa shape index (κ2) is 12.1. The molecule has 0 aliphatic carbocycles. The van der Waals surface area contributed by atoms with Gasteiger partial charge in [0, 0.05) is 69.6 Å². The Bertz CT molecular complexity index is 3560. The van der Waals surface area contributed by atoms with E-state index in [9.17, 15) is 0 Å². The normalized spacial score (nSPS) is 12.1. The van der Waals surface area contributed by atoms with Gasteiger partial charge in [0.05, 0.1) is 33.1 Å². The van der Waals surface area contributed by atoms with E-state index in [2.05, 4.69) is 214 Å². The molecule has 0 spiro atoms. The summed E-state index contributed by atoms with van der Waals surface area (Å²) in [6.45, 7) is 0. The SMILES string of the molecule is c1ccc2c(c1)sc1cc3c(cc12)c1ccccc1n3-c1ccc(-c2cc(-n3c4ccccc4c4ccccc43)cc(-n3c4ccccc4c4ccccc43)c2)cc1. The minimum atomic E-state index is 1.13. The topological polar surface area (TPSA) is 14.8 Å². The van der Waals surface area contributed by atoms with Crippen molar-refractivity contribution in [1.29, 1.82) is 0 Å². The molecule has 9 aromatic carbocycles. The number of fused-ring (bicyclic) bond motifs is 12. The van der Waals surface area contributed by atoms with Crippen molar-refractivity contribution in [2.75, 3.05) is 0 Å². The molecule has 0 amide bonds. The summed E-state index contributed by atoms with van der Waals surface area (Å²) >= 11 is 1.88. The Morgan fingerprint density at radius 1 is 0.241 bits per heavy atom. The first-order valence-electron chi connectivity index (χ1n) is 19.8. The Labute approximate surface area is 337 Å². The minimum absolute atomic E-state index is 1.13.